The van der Waals surface area contributed by atoms with Crippen LogP contribution in [0.3, 0.4) is 0 Å². The molecule has 1 fully saturated rings. The molecule has 0 aromatic heterocycles. The summed E-state index contributed by atoms with van der Waals surface area (Å²) in [6.07, 6.45) is -4.67. The molecule has 22 heavy (non-hydrogen) atoms. The van der Waals surface area contributed by atoms with Gasteiger partial charge in [-0.2, -0.15) is 13.2 Å². The van der Waals surface area contributed by atoms with Crippen molar-refractivity contribution in [1.29, 1.82) is 0 Å². The number of carbonyl (C=O) groups excluding carboxylic acids is 2. The number of esters is 1. The van der Waals surface area contributed by atoms with E-state index < -0.39 is 23.8 Å². The molecular weight excluding hydrogens is 323 g/mol. The minimum absolute atomic E-state index is 0.138. The normalized spacial score (nSPS) is 18.4. The zero-order valence-corrected chi connectivity index (χ0v) is 12.4. The maximum atomic E-state index is 12.7. The fraction of sp³-hybridized carbons (Fsp3) is 0.429. The summed E-state index contributed by atoms with van der Waals surface area (Å²) < 4.78 is 43.2. The number of ether oxygens (including phenoxy) is 1. The lowest BCUT2D eigenvalue weighted by atomic mass is 10.1. The Morgan fingerprint density at radius 1 is 1.32 bits per heavy atom. The first-order chi connectivity index (χ1) is 10.2. The molecule has 1 amide bonds. The van der Waals surface area contributed by atoms with Gasteiger partial charge in [-0.3, -0.25) is 4.79 Å². The van der Waals surface area contributed by atoms with Crippen molar-refractivity contribution in [3.63, 3.8) is 0 Å². The summed E-state index contributed by atoms with van der Waals surface area (Å²) in [5.74, 6) is -1.02. The van der Waals surface area contributed by atoms with Crippen LogP contribution in [0.2, 0.25) is 5.02 Å². The van der Waals surface area contributed by atoms with Crippen LogP contribution in [0.5, 0.6) is 0 Å². The van der Waals surface area contributed by atoms with Gasteiger partial charge < -0.3 is 9.64 Å². The molecule has 0 radical (unpaired) electrons. The molecule has 0 spiro atoms. The van der Waals surface area contributed by atoms with E-state index in [1.165, 1.54) is 11.8 Å². The fourth-order valence-corrected chi connectivity index (χ4v) is 2.44. The van der Waals surface area contributed by atoms with Crippen LogP contribution in [0.15, 0.2) is 18.2 Å². The highest BCUT2D eigenvalue weighted by Crippen LogP contribution is 2.32. The van der Waals surface area contributed by atoms with E-state index in [0.717, 1.165) is 12.1 Å². The summed E-state index contributed by atoms with van der Waals surface area (Å²) in [7, 11) is 0. The average Bonchev–Trinajstić information content (AvgIpc) is 2.85. The molecule has 0 saturated carbocycles. The van der Waals surface area contributed by atoms with Crippen molar-refractivity contribution in [3.8, 4) is 0 Å². The van der Waals surface area contributed by atoms with Crippen LogP contribution in [-0.4, -0.2) is 36.0 Å². The van der Waals surface area contributed by atoms with Crippen molar-refractivity contribution in [1.82, 2.24) is 4.90 Å². The molecule has 1 atom stereocenters. The van der Waals surface area contributed by atoms with Gasteiger partial charge in [-0.05, 0) is 18.2 Å². The summed E-state index contributed by atoms with van der Waals surface area (Å²) in [6, 6.07) is 2.56. The Morgan fingerprint density at radius 2 is 2.00 bits per heavy atom. The predicted molar refractivity (Wildman–Crippen MR) is 72.5 cm³/mol. The van der Waals surface area contributed by atoms with E-state index in [1.807, 2.05) is 0 Å². The molecule has 8 heteroatoms. The number of amides is 1. The van der Waals surface area contributed by atoms with Gasteiger partial charge in [0.1, 0.15) is 6.10 Å². The molecule has 2 rings (SSSR count). The van der Waals surface area contributed by atoms with E-state index in [4.69, 9.17) is 16.3 Å². The minimum Gasteiger partial charge on any atom is -0.457 e. The summed E-state index contributed by atoms with van der Waals surface area (Å²) in [5.41, 5.74) is -1.27. The van der Waals surface area contributed by atoms with Gasteiger partial charge in [0.05, 0.1) is 17.7 Å². The number of hydrogen-bond donors (Lipinski definition) is 0. The number of hydrogen-bond acceptors (Lipinski definition) is 3. The third-order valence-electron chi connectivity index (χ3n) is 3.32. The number of carbonyl (C=O) groups is 2. The summed E-state index contributed by atoms with van der Waals surface area (Å²) in [5, 5.41) is -0.196. The van der Waals surface area contributed by atoms with Gasteiger partial charge in [0.15, 0.2) is 0 Å². The Morgan fingerprint density at radius 3 is 2.55 bits per heavy atom. The lowest BCUT2D eigenvalue weighted by Gasteiger charge is -2.15. The molecule has 1 aromatic carbocycles. The van der Waals surface area contributed by atoms with Crippen LogP contribution in [0.1, 0.15) is 29.3 Å². The number of likely N-dealkylation sites (tertiary alicyclic amines) is 1. The Hall–Kier alpha value is -1.76. The van der Waals surface area contributed by atoms with Crippen LogP contribution < -0.4 is 0 Å². The smallest absolute Gasteiger partial charge is 0.416 e. The number of nitrogens with zero attached hydrogens (tertiary/aromatic N) is 1. The van der Waals surface area contributed by atoms with Crippen LogP contribution in [0.4, 0.5) is 13.2 Å². The quantitative estimate of drug-likeness (QED) is 0.780. The second-order valence-electron chi connectivity index (χ2n) is 5.01. The second kappa shape index (κ2) is 6.16. The number of benzene rings is 1. The first-order valence-corrected chi connectivity index (χ1v) is 6.89. The molecule has 1 unspecified atom stereocenters. The lowest BCUT2D eigenvalue weighted by Crippen LogP contribution is -2.28. The Bertz CT molecular complexity index is 603. The van der Waals surface area contributed by atoms with E-state index in [2.05, 4.69) is 0 Å². The molecule has 1 saturated heterocycles. The molecular formula is C14H13ClF3NO3. The summed E-state index contributed by atoms with van der Waals surface area (Å²) >= 11 is 5.62. The Balaban J connectivity index is 2.10. The molecule has 120 valence electrons. The number of halogens is 4. The average molecular weight is 336 g/mol. The monoisotopic (exact) mass is 335 g/mol. The molecule has 1 heterocycles. The highest BCUT2D eigenvalue weighted by Gasteiger charge is 2.33. The molecule has 0 aliphatic carbocycles. The van der Waals surface area contributed by atoms with E-state index in [1.54, 1.807) is 0 Å². The van der Waals surface area contributed by atoms with E-state index in [0.29, 0.717) is 19.0 Å². The summed E-state index contributed by atoms with van der Waals surface area (Å²) in [4.78, 5) is 24.7. The van der Waals surface area contributed by atoms with Crippen molar-refractivity contribution in [2.45, 2.75) is 25.6 Å². The van der Waals surface area contributed by atoms with Gasteiger partial charge in [-0.25, -0.2) is 4.79 Å². The van der Waals surface area contributed by atoms with Gasteiger partial charge in [0.2, 0.25) is 5.91 Å². The van der Waals surface area contributed by atoms with Crippen LogP contribution in [0.25, 0.3) is 0 Å². The van der Waals surface area contributed by atoms with Gasteiger partial charge in [0.25, 0.3) is 0 Å². The third kappa shape index (κ3) is 3.91. The third-order valence-corrected chi connectivity index (χ3v) is 3.54. The molecule has 1 aliphatic heterocycles. The minimum atomic E-state index is -4.60. The molecule has 1 aromatic rings. The zero-order chi connectivity index (χ0) is 16.5. The van der Waals surface area contributed by atoms with Crippen molar-refractivity contribution >= 4 is 23.5 Å². The summed E-state index contributed by atoms with van der Waals surface area (Å²) in [6.45, 7) is 2.10. The standard InChI is InChI=1S/C14H13ClF3NO3/c1-8(20)19-3-2-12(7-19)22-13(21)9-4-10(14(16,17)18)6-11(15)5-9/h4-6,12H,2-3,7H2,1H3. The number of rotatable bonds is 2. The SMILES string of the molecule is CC(=O)N1CCC(OC(=O)c2cc(Cl)cc(C(F)(F)F)c2)C1. The number of alkyl halides is 3. The van der Waals surface area contributed by atoms with Crippen LogP contribution in [0, 0.1) is 0 Å². The fourth-order valence-electron chi connectivity index (χ4n) is 2.20. The first-order valence-electron chi connectivity index (χ1n) is 6.51. The van der Waals surface area contributed by atoms with Crippen LogP contribution in [-0.2, 0) is 15.7 Å². The maximum Gasteiger partial charge on any atom is 0.416 e. The maximum absolute atomic E-state index is 12.7. The highest BCUT2D eigenvalue weighted by molar-refractivity contribution is 6.31. The van der Waals surface area contributed by atoms with E-state index >= 15 is 0 Å². The van der Waals surface area contributed by atoms with Crippen molar-refractivity contribution in [2.24, 2.45) is 0 Å². The molecule has 4 nitrogen and oxygen atoms in total. The van der Waals surface area contributed by atoms with Gasteiger partial charge in [-0.15, -0.1) is 0 Å². The van der Waals surface area contributed by atoms with Gasteiger partial charge >= 0.3 is 12.1 Å². The van der Waals surface area contributed by atoms with E-state index in [-0.39, 0.29) is 23.0 Å². The largest absolute Gasteiger partial charge is 0.457 e. The van der Waals surface area contributed by atoms with Gasteiger partial charge in [0, 0.05) is 24.9 Å². The molecule has 0 N–H and O–H groups in total. The highest BCUT2D eigenvalue weighted by atomic mass is 35.5. The molecule has 1 aliphatic rings. The van der Waals surface area contributed by atoms with Crippen molar-refractivity contribution < 1.29 is 27.5 Å². The van der Waals surface area contributed by atoms with Crippen LogP contribution >= 0.6 is 11.6 Å². The zero-order valence-electron chi connectivity index (χ0n) is 11.6. The topological polar surface area (TPSA) is 46.6 Å². The van der Waals surface area contributed by atoms with E-state index in [9.17, 15) is 22.8 Å². The van der Waals surface area contributed by atoms with Crippen molar-refractivity contribution in [2.75, 3.05) is 13.1 Å². The first kappa shape index (κ1) is 16.6. The van der Waals surface area contributed by atoms with Crippen molar-refractivity contribution in [3.05, 3.63) is 34.3 Å². The predicted octanol–water partition coefficient (Wildman–Crippen LogP) is 3.14. The molecule has 0 bridgehead atoms. The Kier molecular flexibility index (Phi) is 4.65. The lowest BCUT2D eigenvalue weighted by molar-refractivity contribution is -0.137. The van der Waals surface area contributed by atoms with Gasteiger partial charge in [-0.1, -0.05) is 11.6 Å². The Labute approximate surface area is 129 Å². The second-order valence-corrected chi connectivity index (χ2v) is 5.44.